The minimum absolute atomic E-state index is 0.106. The van der Waals surface area contributed by atoms with Crippen LogP contribution in [0, 0.1) is 6.92 Å². The van der Waals surface area contributed by atoms with Crippen molar-refractivity contribution in [3.63, 3.8) is 0 Å². The van der Waals surface area contributed by atoms with Gasteiger partial charge in [0.1, 0.15) is 0 Å². The van der Waals surface area contributed by atoms with E-state index < -0.39 is 0 Å². The van der Waals surface area contributed by atoms with Gasteiger partial charge in [-0.1, -0.05) is 12.1 Å². The zero-order valence-corrected chi connectivity index (χ0v) is 17.8. The number of benzene rings is 1. The molecule has 2 aliphatic heterocycles. The molecule has 1 aliphatic carbocycles. The molecule has 1 spiro atoms. The second kappa shape index (κ2) is 7.02. The maximum absolute atomic E-state index is 10.2. The summed E-state index contributed by atoms with van der Waals surface area (Å²) in [5.41, 5.74) is 7.63. The molecule has 3 aromatic rings. The zero-order chi connectivity index (χ0) is 21.0. The van der Waals surface area contributed by atoms with E-state index in [0.717, 1.165) is 67.7 Å². The van der Waals surface area contributed by atoms with Crippen LogP contribution in [0.3, 0.4) is 0 Å². The van der Waals surface area contributed by atoms with Crippen LogP contribution < -0.4 is 0 Å². The lowest BCUT2D eigenvalue weighted by atomic mass is 9.76. The molecule has 6 rings (SSSR count). The molecule has 3 aliphatic rings. The van der Waals surface area contributed by atoms with Crippen molar-refractivity contribution in [2.75, 3.05) is 13.2 Å². The number of nitrogens with zero attached hydrogens (tertiary/aromatic N) is 5. The lowest BCUT2D eigenvalue weighted by molar-refractivity contribution is -0.00349. The van der Waals surface area contributed by atoms with E-state index >= 15 is 0 Å². The maximum Gasteiger partial charge on any atom is 0.0910 e. The van der Waals surface area contributed by atoms with Crippen molar-refractivity contribution >= 4 is 22.4 Å². The first-order valence-electron chi connectivity index (χ1n) is 11.2. The molecule has 1 N–H and O–H groups in total. The largest absolute Gasteiger partial charge is 0.393 e. The van der Waals surface area contributed by atoms with E-state index in [4.69, 9.17) is 4.98 Å². The minimum Gasteiger partial charge on any atom is -0.393 e. The van der Waals surface area contributed by atoms with E-state index in [-0.39, 0.29) is 11.6 Å². The highest BCUT2D eigenvalue weighted by atomic mass is 16.3. The number of hydrogen-bond donors (Lipinski definition) is 1. The molecule has 6 nitrogen and oxygen atoms in total. The van der Waals surface area contributed by atoms with Gasteiger partial charge < -0.3 is 14.9 Å². The molecule has 4 heterocycles. The van der Waals surface area contributed by atoms with Crippen molar-refractivity contribution in [1.82, 2.24) is 24.8 Å². The Morgan fingerprint density at radius 2 is 1.77 bits per heavy atom. The number of rotatable bonds is 2. The van der Waals surface area contributed by atoms with Crippen LogP contribution in [0.1, 0.15) is 49.1 Å². The molecule has 1 saturated carbocycles. The Morgan fingerprint density at radius 3 is 2.58 bits per heavy atom. The number of fused-ring (bicyclic) bond motifs is 4. The quantitative estimate of drug-likeness (QED) is 0.689. The summed E-state index contributed by atoms with van der Waals surface area (Å²) in [6.45, 7) is 3.96. The average Bonchev–Trinajstić information content (AvgIpc) is 3.13. The zero-order valence-electron chi connectivity index (χ0n) is 17.8. The number of aliphatic hydroxyl groups is 1. The van der Waals surface area contributed by atoms with Gasteiger partial charge in [-0.2, -0.15) is 0 Å². The van der Waals surface area contributed by atoms with Gasteiger partial charge in [-0.15, -0.1) is 0 Å². The fourth-order valence-electron chi connectivity index (χ4n) is 5.66. The van der Waals surface area contributed by atoms with Gasteiger partial charge in [-0.3, -0.25) is 15.0 Å². The first kappa shape index (κ1) is 18.8. The Balaban J connectivity index is 1.54. The van der Waals surface area contributed by atoms with Gasteiger partial charge in [0.05, 0.1) is 40.9 Å². The number of hydrogen-bond acceptors (Lipinski definition) is 6. The molecule has 2 bridgehead atoms. The Labute approximate surface area is 182 Å². The van der Waals surface area contributed by atoms with Gasteiger partial charge in [0, 0.05) is 35.7 Å². The highest BCUT2D eigenvalue weighted by Gasteiger charge is 2.49. The molecular formula is C25H27N5O. The van der Waals surface area contributed by atoms with Gasteiger partial charge in [0.25, 0.3) is 0 Å². The molecule has 0 amide bonds. The van der Waals surface area contributed by atoms with E-state index in [1.165, 1.54) is 17.0 Å². The Bertz CT molecular complexity index is 1180. The summed E-state index contributed by atoms with van der Waals surface area (Å²) >= 11 is 0. The van der Waals surface area contributed by atoms with E-state index in [9.17, 15) is 5.11 Å². The second-order valence-electron chi connectivity index (χ2n) is 9.16. The summed E-state index contributed by atoms with van der Waals surface area (Å²) in [6, 6.07) is 12.7. The van der Waals surface area contributed by atoms with Gasteiger partial charge >= 0.3 is 0 Å². The highest BCUT2D eigenvalue weighted by Crippen LogP contribution is 2.50. The average molecular weight is 414 g/mol. The van der Waals surface area contributed by atoms with Crippen molar-refractivity contribution in [2.45, 2.75) is 50.7 Å². The fourth-order valence-corrected chi connectivity index (χ4v) is 5.66. The maximum atomic E-state index is 10.2. The van der Waals surface area contributed by atoms with Crippen molar-refractivity contribution < 1.29 is 5.11 Å². The van der Waals surface area contributed by atoms with Gasteiger partial charge in [-0.05, 0) is 63.3 Å². The molecule has 2 aromatic heterocycles. The summed E-state index contributed by atoms with van der Waals surface area (Å²) in [4.78, 5) is 19.0. The number of aromatic nitrogens is 3. The number of pyridine rings is 1. The van der Waals surface area contributed by atoms with Crippen LogP contribution in [0.5, 0.6) is 0 Å². The van der Waals surface area contributed by atoms with E-state index in [1.807, 2.05) is 0 Å². The Morgan fingerprint density at radius 1 is 0.968 bits per heavy atom. The van der Waals surface area contributed by atoms with Gasteiger partial charge in [-0.25, -0.2) is 0 Å². The summed E-state index contributed by atoms with van der Waals surface area (Å²) in [5, 5.41) is 10.2. The molecule has 0 unspecified atom stereocenters. The van der Waals surface area contributed by atoms with Crippen molar-refractivity contribution in [3.8, 4) is 0 Å². The predicted octanol–water partition coefficient (Wildman–Crippen LogP) is 3.81. The molecule has 158 valence electrons. The molecule has 6 heteroatoms. The van der Waals surface area contributed by atoms with Crippen LogP contribution >= 0.6 is 0 Å². The third-order valence-electron chi connectivity index (χ3n) is 7.30. The van der Waals surface area contributed by atoms with Gasteiger partial charge in [0.2, 0.25) is 0 Å². The first-order valence-corrected chi connectivity index (χ1v) is 11.2. The standard InChI is InChI=1S/C25H27N5O/c1-17-3-2-4-21(28-17)24-23(18-5-6-20-22(15-18)27-13-12-26-20)29-14-11-25(30(24)16-29)9-7-19(31)8-10-25/h2-6,12-13,15,19,31H,7-11,14,16H2,1H3. The molecular weight excluding hydrogens is 386 g/mol. The van der Waals surface area contributed by atoms with E-state index in [2.05, 4.69) is 63.1 Å². The third-order valence-corrected chi connectivity index (χ3v) is 7.30. The molecule has 0 radical (unpaired) electrons. The van der Waals surface area contributed by atoms with Crippen LogP contribution in [-0.4, -0.2) is 54.7 Å². The summed E-state index contributed by atoms with van der Waals surface area (Å²) in [5.74, 6) is 0. The van der Waals surface area contributed by atoms with E-state index in [1.54, 1.807) is 12.4 Å². The molecule has 2 fully saturated rings. The predicted molar refractivity (Wildman–Crippen MR) is 121 cm³/mol. The normalized spacial score (nSPS) is 25.7. The molecule has 31 heavy (non-hydrogen) atoms. The van der Waals surface area contributed by atoms with Crippen molar-refractivity contribution in [3.05, 3.63) is 65.7 Å². The van der Waals surface area contributed by atoms with Crippen LogP contribution in [0.15, 0.2) is 48.8 Å². The fraction of sp³-hybridized carbons (Fsp3) is 0.400. The minimum atomic E-state index is -0.158. The second-order valence-corrected chi connectivity index (χ2v) is 9.16. The molecule has 0 atom stereocenters. The van der Waals surface area contributed by atoms with Crippen molar-refractivity contribution in [1.29, 1.82) is 0 Å². The highest BCUT2D eigenvalue weighted by molar-refractivity contribution is 5.93. The monoisotopic (exact) mass is 413 g/mol. The lowest BCUT2D eigenvalue weighted by Gasteiger charge is -2.51. The Hall–Kier alpha value is -2.99. The number of aryl methyl sites for hydroxylation is 1. The third kappa shape index (κ3) is 3.00. The van der Waals surface area contributed by atoms with Crippen LogP contribution in [-0.2, 0) is 0 Å². The van der Waals surface area contributed by atoms with Crippen molar-refractivity contribution in [2.24, 2.45) is 0 Å². The summed E-state index contributed by atoms with van der Waals surface area (Å²) in [7, 11) is 0. The van der Waals surface area contributed by atoms with Crippen LogP contribution in [0.25, 0.3) is 22.4 Å². The van der Waals surface area contributed by atoms with Gasteiger partial charge in [0.15, 0.2) is 0 Å². The smallest absolute Gasteiger partial charge is 0.0910 e. The van der Waals surface area contributed by atoms with Crippen LogP contribution in [0.2, 0.25) is 0 Å². The topological polar surface area (TPSA) is 65.4 Å². The molecule has 1 aromatic carbocycles. The van der Waals surface area contributed by atoms with Crippen LogP contribution in [0.4, 0.5) is 0 Å². The SMILES string of the molecule is Cc1cccc(C2=C(c3ccc4nccnc4c3)N3CCC4(CCC(O)CC4)N2C3)n1. The molecule has 1 saturated heterocycles. The summed E-state index contributed by atoms with van der Waals surface area (Å²) < 4.78 is 0. The Kier molecular flexibility index (Phi) is 4.25. The van der Waals surface area contributed by atoms with E-state index in [0.29, 0.717) is 0 Å². The first-order chi connectivity index (χ1) is 15.1. The lowest BCUT2D eigenvalue weighted by Crippen LogP contribution is -2.55. The summed E-state index contributed by atoms with van der Waals surface area (Å²) in [6.07, 6.45) is 8.28. The number of aliphatic hydroxyl groups excluding tert-OH is 1.